The van der Waals surface area contributed by atoms with E-state index in [-0.39, 0.29) is 11.9 Å². The quantitative estimate of drug-likeness (QED) is 0.532. The molecule has 0 saturated heterocycles. The maximum atomic E-state index is 10.9. The van der Waals surface area contributed by atoms with E-state index in [9.17, 15) is 4.79 Å². The van der Waals surface area contributed by atoms with Gasteiger partial charge in [-0.15, -0.1) is 0 Å². The minimum absolute atomic E-state index is 0.0653. The molecule has 0 aliphatic heterocycles. The first-order valence-electron chi connectivity index (χ1n) is 3.25. The molecule has 5 N–H and O–H groups in total. The van der Waals surface area contributed by atoms with Crippen molar-refractivity contribution in [3.8, 4) is 0 Å². The molecule has 0 fully saturated rings. The Hall–Kier alpha value is -1.61. The molecule has 1 amide bonds. The molecule has 0 spiro atoms. The number of nitrogens with one attached hydrogen (secondary N) is 1. The van der Waals surface area contributed by atoms with E-state index in [4.69, 9.17) is 11.5 Å². The Morgan fingerprint density at radius 2 is 2.30 bits per heavy atom. The zero-order valence-electron chi connectivity index (χ0n) is 5.97. The van der Waals surface area contributed by atoms with E-state index in [2.05, 4.69) is 5.32 Å². The molecule has 0 aliphatic carbocycles. The molecule has 0 aromatic carbocycles. The average molecular weight is 397 g/mol. The summed E-state index contributed by atoms with van der Waals surface area (Å²) in [5, 5.41) is 2.63. The predicted molar refractivity (Wildman–Crippen MR) is 34.8 cm³/mol. The molecule has 0 heterocycles. The van der Waals surface area contributed by atoms with Crippen molar-refractivity contribution >= 4 is 5.91 Å². The summed E-state index contributed by atoms with van der Waals surface area (Å²) in [4.78, 5) is 10.9. The van der Waals surface area contributed by atoms with Crippen LogP contribution in [0, 0.1) is 0 Å². The van der Waals surface area contributed by atoms with Crippen molar-refractivity contribution in [2.24, 2.45) is 11.5 Å². The van der Waals surface area contributed by atoms with Crippen molar-refractivity contribution in [3.05, 3.63) is 0 Å². The summed E-state index contributed by atoms with van der Waals surface area (Å²) in [6.07, 6.45) is 0. The van der Waals surface area contributed by atoms with Gasteiger partial charge in [-0.05, 0) is 0 Å². The van der Waals surface area contributed by atoms with E-state index in [1.807, 2.05) is 0 Å². The minimum atomic E-state index is -0.290. The van der Waals surface area contributed by atoms with Crippen LogP contribution in [-0.2, 0) is 4.79 Å². The standard InChI is InChI=1S/C5H12N3O.Rf/c1-4(7)5(9)8-3-2-6;/h4H,1-3,6-7H2,(H,8,9);. The number of carbonyl (C=O) groups is 1. The summed E-state index contributed by atoms with van der Waals surface area (Å²) in [5.41, 5.74) is 10.6. The van der Waals surface area contributed by atoms with Crippen molar-refractivity contribution < 1.29 is 4.79 Å². The molecule has 0 rings (SSSR count). The van der Waals surface area contributed by atoms with Gasteiger partial charge in [-0.25, -0.2) is 0 Å². The molecule has 4 nitrogen and oxygen atoms in total. The van der Waals surface area contributed by atoms with Crippen LogP contribution >= 0.6 is 0 Å². The monoisotopic (exact) mass is 397 g/mol. The van der Waals surface area contributed by atoms with Gasteiger partial charge in [-0.2, -0.15) is 0 Å². The van der Waals surface area contributed by atoms with Crippen LogP contribution in [0.25, 0.3) is 0 Å². The van der Waals surface area contributed by atoms with E-state index >= 15 is 0 Å². The molecule has 0 aromatic heterocycles. The van der Waals surface area contributed by atoms with Crippen LogP contribution in [0.4, 0.5) is 0 Å². The van der Waals surface area contributed by atoms with Crippen molar-refractivity contribution in [3.63, 3.8) is 0 Å². The van der Waals surface area contributed by atoms with Gasteiger partial charge < -0.3 is 0 Å². The first-order chi connectivity index (χ1) is 4.72. The van der Waals surface area contributed by atoms with Gasteiger partial charge in [0.15, 0.2) is 0 Å². The predicted octanol–water partition coefficient (Wildman–Crippen LogP) is -1.64. The molecule has 55 valence electrons. The molecule has 1 atom stereocenters. The Kier molecular flexibility index (Phi) is 3.60. The number of amides is 1. The van der Waals surface area contributed by atoms with Crippen LogP contribution in [0.1, 0.15) is 0 Å². The van der Waals surface area contributed by atoms with E-state index < -0.39 is 0 Å². The third-order valence-electron chi connectivity index (χ3n) is 1.09. The number of rotatable bonds is 4. The molecule has 5 heteroatoms. The van der Waals surface area contributed by atoms with Crippen molar-refractivity contribution in [2.45, 2.75) is 13.0 Å². The summed E-state index contributed by atoms with van der Waals surface area (Å²) < 4.78 is 0.504. The molecule has 0 radical (unpaired) electrons. The fourth-order valence-corrected chi connectivity index (χ4v) is 1.64. The van der Waals surface area contributed by atoms with Crippen molar-refractivity contribution in [2.75, 3.05) is 13.1 Å². The average Bonchev–Trinajstić information content (AvgIpc) is 1.98. The molecular weight excluding hydrogens is 385 g/mol. The maximum absolute atomic E-state index is 10.9. The second-order valence-electron chi connectivity index (χ2n) is 1.97. The van der Waals surface area contributed by atoms with Gasteiger partial charge in [0, 0.05) is 0 Å². The van der Waals surface area contributed by atoms with Gasteiger partial charge in [0.2, 0.25) is 0 Å². The van der Waals surface area contributed by atoms with E-state index in [1.165, 1.54) is 0 Å². The molecule has 0 aromatic rings. The van der Waals surface area contributed by atoms with Crippen LogP contribution in [0.2, 0.25) is 6.92 Å². The second-order valence-corrected chi connectivity index (χ2v) is 4.59. The van der Waals surface area contributed by atoms with E-state index in [0.29, 0.717) is 13.1 Å². The van der Waals surface area contributed by atoms with Gasteiger partial charge in [-0.1, -0.05) is 0 Å². The fourth-order valence-electron chi connectivity index (χ4n) is 0.458. The van der Waals surface area contributed by atoms with E-state index in [1.54, 1.807) is 0 Å². The van der Waals surface area contributed by atoms with Crippen LogP contribution in [-0.4, -0.2) is 25.0 Å². The summed E-state index contributed by atoms with van der Waals surface area (Å²) in [6, 6.07) is -0.290. The Labute approximate surface area is 54.6 Å². The van der Waals surface area contributed by atoms with Gasteiger partial charge in [0.25, 0.3) is 0 Å². The first kappa shape index (κ1) is 8.39. The first-order valence-corrected chi connectivity index (χ1v) is 7.77. The van der Waals surface area contributed by atoms with Gasteiger partial charge in [0.05, 0.1) is 0 Å². The molecule has 0 aliphatic rings. The van der Waals surface area contributed by atoms with Crippen LogP contribution < -0.4 is 16.8 Å². The third-order valence-corrected chi connectivity index (χ3v) is 3.91. The summed E-state index contributed by atoms with van der Waals surface area (Å²) >= 11 is 0. The Balaban J connectivity index is 3.42. The van der Waals surface area contributed by atoms with Gasteiger partial charge in [0.1, 0.15) is 0 Å². The SMILES string of the molecule is NCCNC(=O)C(N)[CH2][Rf]. The zero-order valence-corrected chi connectivity index (χ0v) is 12.4. The summed E-state index contributed by atoms with van der Waals surface area (Å²) in [7, 11) is 0. The van der Waals surface area contributed by atoms with Crippen molar-refractivity contribution in [1.29, 1.82) is 0 Å². The second kappa shape index (κ2) is 4.29. The number of carbonyl (C=O) groups excluding carboxylic acids is 1. The summed E-state index contributed by atoms with van der Waals surface area (Å²) in [6.45, 7) is 1.88. The number of hydrogen-bond donors (Lipinski definition) is 3. The van der Waals surface area contributed by atoms with Crippen LogP contribution in [0.3, 0.4) is 0 Å². The van der Waals surface area contributed by atoms with E-state index in [0.717, 1.165) is 6.92 Å². The van der Waals surface area contributed by atoms with Gasteiger partial charge in [-0.3, -0.25) is 0 Å². The molecule has 0 bridgehead atoms. The number of hydrogen-bond acceptors (Lipinski definition) is 3. The zero-order chi connectivity index (χ0) is 7.98. The normalized spacial score (nSPS) is 12.8. The fraction of sp³-hybridized carbons (Fsp3) is 0.800. The topological polar surface area (TPSA) is 81.1 Å². The van der Waals surface area contributed by atoms with Crippen molar-refractivity contribution in [1.82, 2.24) is 5.32 Å². The third kappa shape index (κ3) is 2.64. The van der Waals surface area contributed by atoms with Crippen LogP contribution in [0.5, 0.6) is 0 Å². The Morgan fingerprint density at radius 3 is 2.70 bits per heavy atom. The Morgan fingerprint density at radius 1 is 1.70 bits per heavy atom. The van der Waals surface area contributed by atoms with Crippen LogP contribution in [0.15, 0.2) is 0 Å². The molecule has 1 unspecified atom stereocenters. The summed E-state index contributed by atoms with van der Waals surface area (Å²) in [5.74, 6) is -0.0653. The molecule has 0 saturated carbocycles. The number of nitrogens with two attached hydrogens (primary N) is 2. The Bertz CT molecular complexity index is 109. The molecular formula is C5H12N3ORf. The molecule has 10 heavy (non-hydrogen) atoms. The van der Waals surface area contributed by atoms with Gasteiger partial charge >= 0.3 is 53.5 Å².